The smallest absolute Gasteiger partial charge is 0.223 e. The lowest BCUT2D eigenvalue weighted by molar-refractivity contribution is -0.131. The molecule has 1 amide bonds. The van der Waals surface area contributed by atoms with Crippen LogP contribution in [0.1, 0.15) is 36.5 Å². The summed E-state index contributed by atoms with van der Waals surface area (Å²) < 4.78 is 26.3. The number of benzene rings is 1. The van der Waals surface area contributed by atoms with Crippen molar-refractivity contribution in [3.8, 4) is 0 Å². The van der Waals surface area contributed by atoms with E-state index in [2.05, 4.69) is 0 Å². The van der Waals surface area contributed by atoms with Gasteiger partial charge in [-0.1, -0.05) is 0 Å². The van der Waals surface area contributed by atoms with E-state index in [1.54, 1.807) is 4.90 Å². The molecule has 2 unspecified atom stereocenters. The van der Waals surface area contributed by atoms with Crippen molar-refractivity contribution >= 4 is 11.7 Å². The number of hydrogen-bond donors (Lipinski definition) is 1. The van der Waals surface area contributed by atoms with Gasteiger partial charge in [0.2, 0.25) is 5.91 Å². The summed E-state index contributed by atoms with van der Waals surface area (Å²) >= 11 is 0. The van der Waals surface area contributed by atoms with Crippen molar-refractivity contribution in [2.24, 2.45) is 11.7 Å². The predicted octanol–water partition coefficient (Wildman–Crippen LogP) is 2.12. The normalized spacial score (nSPS) is 21.2. The van der Waals surface area contributed by atoms with Gasteiger partial charge in [0.15, 0.2) is 5.78 Å². The number of rotatable bonds is 5. The summed E-state index contributed by atoms with van der Waals surface area (Å²) in [6.07, 6.45) is 0.804. The lowest BCUT2D eigenvalue weighted by atomic mass is 10.1. The van der Waals surface area contributed by atoms with E-state index in [1.807, 2.05) is 6.92 Å². The van der Waals surface area contributed by atoms with Crippen LogP contribution < -0.4 is 5.73 Å². The Balaban J connectivity index is 1.92. The fraction of sp³-hybridized carbons (Fsp3) is 0.500. The van der Waals surface area contributed by atoms with Gasteiger partial charge in [-0.15, -0.1) is 0 Å². The second-order valence-electron chi connectivity index (χ2n) is 5.78. The van der Waals surface area contributed by atoms with Crippen molar-refractivity contribution in [3.63, 3.8) is 0 Å². The van der Waals surface area contributed by atoms with Crippen LogP contribution in [-0.2, 0) is 4.79 Å². The molecule has 0 aliphatic carbocycles. The van der Waals surface area contributed by atoms with Gasteiger partial charge in [0.05, 0.1) is 5.56 Å². The van der Waals surface area contributed by atoms with Gasteiger partial charge in [0.1, 0.15) is 11.6 Å². The third-order valence-electron chi connectivity index (χ3n) is 4.11. The van der Waals surface area contributed by atoms with Gasteiger partial charge in [0, 0.05) is 31.5 Å². The molecule has 1 aliphatic rings. The largest absolute Gasteiger partial charge is 0.340 e. The van der Waals surface area contributed by atoms with Gasteiger partial charge in [0.25, 0.3) is 0 Å². The first-order valence-corrected chi connectivity index (χ1v) is 7.40. The van der Waals surface area contributed by atoms with Gasteiger partial charge in [-0.3, -0.25) is 9.59 Å². The number of nitrogens with zero attached hydrogens (tertiary/aromatic N) is 1. The highest BCUT2D eigenvalue weighted by atomic mass is 19.1. The molecule has 0 saturated carbocycles. The van der Waals surface area contributed by atoms with E-state index >= 15 is 0 Å². The van der Waals surface area contributed by atoms with E-state index < -0.39 is 17.4 Å². The molecule has 0 radical (unpaired) electrons. The fourth-order valence-electron chi connectivity index (χ4n) is 2.88. The van der Waals surface area contributed by atoms with Crippen molar-refractivity contribution in [1.82, 2.24) is 4.90 Å². The number of likely N-dealkylation sites (tertiary alicyclic amines) is 1. The third kappa shape index (κ3) is 3.68. The minimum atomic E-state index is -0.893. The van der Waals surface area contributed by atoms with Crippen LogP contribution in [0.2, 0.25) is 0 Å². The molecule has 6 heteroatoms. The number of halogens is 2. The molecule has 0 spiro atoms. The Morgan fingerprint density at radius 2 is 2.05 bits per heavy atom. The van der Waals surface area contributed by atoms with Gasteiger partial charge in [-0.05, 0) is 37.9 Å². The van der Waals surface area contributed by atoms with Crippen molar-refractivity contribution in [1.29, 1.82) is 0 Å². The minimum absolute atomic E-state index is 0.0251. The van der Waals surface area contributed by atoms with E-state index in [1.165, 1.54) is 0 Å². The molecule has 4 nitrogen and oxygen atoms in total. The number of carbonyl (C=O) groups is 2. The molecular formula is C16H20F2N2O2. The zero-order valence-corrected chi connectivity index (χ0v) is 12.5. The summed E-state index contributed by atoms with van der Waals surface area (Å²) in [5.74, 6) is -1.95. The molecule has 1 aromatic carbocycles. The van der Waals surface area contributed by atoms with Crippen molar-refractivity contribution in [3.05, 3.63) is 35.4 Å². The Hall–Kier alpha value is -1.82. The van der Waals surface area contributed by atoms with Crippen LogP contribution in [0.25, 0.3) is 0 Å². The number of amides is 1. The quantitative estimate of drug-likeness (QED) is 0.847. The number of carbonyl (C=O) groups excluding carboxylic acids is 2. The van der Waals surface area contributed by atoms with Crippen molar-refractivity contribution in [2.45, 2.75) is 32.2 Å². The molecule has 1 heterocycles. The van der Waals surface area contributed by atoms with Crippen LogP contribution in [-0.4, -0.2) is 35.7 Å². The number of hydrogen-bond acceptors (Lipinski definition) is 3. The second kappa shape index (κ2) is 6.96. The zero-order valence-electron chi connectivity index (χ0n) is 12.5. The van der Waals surface area contributed by atoms with Gasteiger partial charge >= 0.3 is 0 Å². The second-order valence-corrected chi connectivity index (χ2v) is 5.78. The highest BCUT2D eigenvalue weighted by Gasteiger charge is 2.31. The fourth-order valence-corrected chi connectivity index (χ4v) is 2.88. The van der Waals surface area contributed by atoms with Crippen LogP contribution >= 0.6 is 0 Å². The Morgan fingerprint density at radius 1 is 1.32 bits per heavy atom. The Bertz CT molecular complexity index is 577. The first-order valence-electron chi connectivity index (χ1n) is 7.40. The average Bonchev–Trinajstić information content (AvgIpc) is 2.85. The lowest BCUT2D eigenvalue weighted by Gasteiger charge is -2.21. The molecule has 1 aliphatic heterocycles. The van der Waals surface area contributed by atoms with E-state index in [-0.39, 0.29) is 30.4 Å². The molecule has 1 fully saturated rings. The molecule has 22 heavy (non-hydrogen) atoms. The molecule has 2 N–H and O–H groups in total. The Morgan fingerprint density at radius 3 is 2.64 bits per heavy atom. The Labute approximate surface area is 128 Å². The highest BCUT2D eigenvalue weighted by molar-refractivity contribution is 5.98. The van der Waals surface area contributed by atoms with Crippen molar-refractivity contribution in [2.75, 3.05) is 13.1 Å². The van der Waals surface area contributed by atoms with Crippen molar-refractivity contribution < 1.29 is 18.4 Å². The standard InChI is InChI=1S/C16H20F2N2O2/c1-10-6-11(8-19)9-20(10)16(22)5-4-15(21)13-3-2-12(17)7-14(13)18/h2-3,7,10-11H,4-6,8-9,19H2,1H3. The summed E-state index contributed by atoms with van der Waals surface area (Å²) in [5.41, 5.74) is 5.44. The summed E-state index contributed by atoms with van der Waals surface area (Å²) in [5, 5.41) is 0. The molecule has 2 rings (SSSR count). The topological polar surface area (TPSA) is 63.4 Å². The maximum absolute atomic E-state index is 13.5. The molecule has 0 bridgehead atoms. The first kappa shape index (κ1) is 16.5. The lowest BCUT2D eigenvalue weighted by Crippen LogP contribution is -2.34. The molecular weight excluding hydrogens is 290 g/mol. The first-order chi connectivity index (χ1) is 10.4. The van der Waals surface area contributed by atoms with Gasteiger partial charge < -0.3 is 10.6 Å². The zero-order chi connectivity index (χ0) is 16.3. The van der Waals surface area contributed by atoms with Crippen LogP contribution in [0.4, 0.5) is 8.78 Å². The van der Waals surface area contributed by atoms with E-state index in [0.717, 1.165) is 18.6 Å². The van der Waals surface area contributed by atoms with E-state index in [0.29, 0.717) is 25.1 Å². The maximum Gasteiger partial charge on any atom is 0.223 e. The average molecular weight is 310 g/mol. The molecule has 0 aromatic heterocycles. The third-order valence-corrected chi connectivity index (χ3v) is 4.11. The molecule has 120 valence electrons. The SMILES string of the molecule is CC1CC(CN)CN1C(=O)CCC(=O)c1ccc(F)cc1F. The summed E-state index contributed by atoms with van der Waals surface area (Å²) in [6, 6.07) is 2.93. The summed E-state index contributed by atoms with van der Waals surface area (Å²) in [4.78, 5) is 25.8. The van der Waals surface area contributed by atoms with E-state index in [4.69, 9.17) is 5.73 Å². The monoisotopic (exact) mass is 310 g/mol. The minimum Gasteiger partial charge on any atom is -0.340 e. The number of nitrogens with two attached hydrogens (primary N) is 1. The number of ketones is 1. The number of Topliss-reactive ketones (excluding diaryl/α,β-unsaturated/α-hetero) is 1. The summed E-state index contributed by atoms with van der Waals surface area (Å²) in [7, 11) is 0. The van der Waals surface area contributed by atoms with Gasteiger partial charge in [-0.2, -0.15) is 0 Å². The molecule has 1 aromatic rings. The predicted molar refractivity (Wildman–Crippen MR) is 78.3 cm³/mol. The van der Waals surface area contributed by atoms with Crippen LogP contribution in [0.15, 0.2) is 18.2 Å². The summed E-state index contributed by atoms with van der Waals surface area (Å²) in [6.45, 7) is 3.10. The molecule has 2 atom stereocenters. The highest BCUT2D eigenvalue weighted by Crippen LogP contribution is 2.23. The van der Waals surface area contributed by atoms with E-state index in [9.17, 15) is 18.4 Å². The van der Waals surface area contributed by atoms with Crippen LogP contribution in [0.5, 0.6) is 0 Å². The Kier molecular flexibility index (Phi) is 5.24. The maximum atomic E-state index is 13.5. The van der Waals surface area contributed by atoms with Crippen LogP contribution in [0, 0.1) is 17.6 Å². The molecule has 1 saturated heterocycles. The van der Waals surface area contributed by atoms with Gasteiger partial charge in [-0.25, -0.2) is 8.78 Å². The van der Waals surface area contributed by atoms with Crippen LogP contribution in [0.3, 0.4) is 0 Å².